The first-order valence-electron chi connectivity index (χ1n) is 8.93. The molecule has 1 N–H and O–H groups in total. The molecule has 5 nitrogen and oxygen atoms in total. The molecule has 1 aromatic heterocycles. The van der Waals surface area contributed by atoms with Gasteiger partial charge in [-0.05, 0) is 59.7 Å². The Hall–Kier alpha value is -3.58. The molecule has 0 aliphatic heterocycles. The maximum Gasteiger partial charge on any atom is 0.216 e. The second-order valence-corrected chi connectivity index (χ2v) is 6.65. The minimum atomic E-state index is -0.273. The number of hydrogen-bond donors (Lipinski definition) is 1. The molecule has 0 spiro atoms. The molecule has 0 aliphatic carbocycles. The second kappa shape index (κ2) is 8.62. The molecule has 0 aliphatic rings. The van der Waals surface area contributed by atoms with Gasteiger partial charge in [-0.15, -0.1) is 0 Å². The fourth-order valence-electron chi connectivity index (χ4n) is 2.74. The molecule has 0 atom stereocenters. The van der Waals surface area contributed by atoms with E-state index in [0.717, 1.165) is 16.7 Å². The van der Waals surface area contributed by atoms with Gasteiger partial charge in [0.25, 0.3) is 0 Å². The fourth-order valence-corrected chi connectivity index (χ4v) is 2.92. The van der Waals surface area contributed by atoms with Gasteiger partial charge in [0.2, 0.25) is 4.77 Å². The van der Waals surface area contributed by atoms with Crippen molar-refractivity contribution in [2.45, 2.75) is 6.61 Å². The van der Waals surface area contributed by atoms with Crippen LogP contribution in [0.25, 0.3) is 11.4 Å². The van der Waals surface area contributed by atoms with Gasteiger partial charge in [0, 0.05) is 5.56 Å². The molecule has 0 saturated carbocycles. The quantitative estimate of drug-likeness (QED) is 0.355. The van der Waals surface area contributed by atoms with Crippen LogP contribution < -0.4 is 4.74 Å². The molecule has 0 radical (unpaired) electrons. The largest absolute Gasteiger partial charge is 0.489 e. The van der Waals surface area contributed by atoms with Crippen LogP contribution >= 0.6 is 12.2 Å². The number of halogens is 1. The Morgan fingerprint density at radius 1 is 1.03 bits per heavy atom. The summed E-state index contributed by atoms with van der Waals surface area (Å²) in [5, 5.41) is 11.5. The first kappa shape index (κ1) is 18.8. The van der Waals surface area contributed by atoms with Crippen molar-refractivity contribution < 1.29 is 9.13 Å². The summed E-state index contributed by atoms with van der Waals surface area (Å²) in [5.41, 5.74) is 2.57. The highest BCUT2D eigenvalue weighted by Gasteiger charge is 2.07. The highest BCUT2D eigenvalue weighted by Crippen LogP contribution is 2.17. The van der Waals surface area contributed by atoms with Crippen molar-refractivity contribution in [3.63, 3.8) is 0 Å². The van der Waals surface area contributed by atoms with Crippen molar-refractivity contribution in [2.24, 2.45) is 5.10 Å². The molecule has 4 rings (SSSR count). The third kappa shape index (κ3) is 4.64. The molecule has 4 aromatic rings. The molecular weight excluding hydrogens is 387 g/mol. The van der Waals surface area contributed by atoms with Crippen LogP contribution in [0.2, 0.25) is 0 Å². The van der Waals surface area contributed by atoms with Gasteiger partial charge in [-0.1, -0.05) is 42.5 Å². The molecule has 0 bridgehead atoms. The van der Waals surface area contributed by atoms with E-state index < -0.39 is 0 Å². The van der Waals surface area contributed by atoms with Crippen LogP contribution in [0.4, 0.5) is 4.39 Å². The summed E-state index contributed by atoms with van der Waals surface area (Å²) < 4.78 is 20.9. The van der Waals surface area contributed by atoms with Crippen LogP contribution in [0.15, 0.2) is 84.0 Å². The van der Waals surface area contributed by atoms with Crippen molar-refractivity contribution in [2.75, 3.05) is 0 Å². The smallest absolute Gasteiger partial charge is 0.216 e. The van der Waals surface area contributed by atoms with E-state index in [2.05, 4.69) is 15.3 Å². The standard InChI is InChI=1S/C22H17FN4OS/c23-19-8-4-5-17(13-19)15-28-20-11-9-16(10-12-20)14-24-27-21(25-26-22(27)29)18-6-2-1-3-7-18/h1-14H,15H2,(H,26,29). The Kier molecular flexibility index (Phi) is 5.58. The van der Waals surface area contributed by atoms with Crippen molar-refractivity contribution >= 4 is 18.4 Å². The number of benzene rings is 3. The van der Waals surface area contributed by atoms with Gasteiger partial charge >= 0.3 is 0 Å². The van der Waals surface area contributed by atoms with Crippen LogP contribution in [-0.2, 0) is 6.61 Å². The van der Waals surface area contributed by atoms with E-state index in [1.165, 1.54) is 12.1 Å². The summed E-state index contributed by atoms with van der Waals surface area (Å²) in [5.74, 6) is 1.06. The Morgan fingerprint density at radius 3 is 2.59 bits per heavy atom. The number of H-pyrrole nitrogens is 1. The molecule has 3 aromatic carbocycles. The van der Waals surface area contributed by atoms with Crippen LogP contribution in [-0.4, -0.2) is 21.1 Å². The minimum absolute atomic E-state index is 0.273. The summed E-state index contributed by atoms with van der Waals surface area (Å²) in [6, 6.07) is 23.5. The van der Waals surface area contributed by atoms with Crippen LogP contribution in [0, 0.1) is 10.6 Å². The summed E-state index contributed by atoms with van der Waals surface area (Å²) in [4.78, 5) is 0. The lowest BCUT2D eigenvalue weighted by molar-refractivity contribution is 0.305. The second-order valence-electron chi connectivity index (χ2n) is 6.26. The number of ether oxygens (including phenoxy) is 1. The van der Waals surface area contributed by atoms with Gasteiger partial charge < -0.3 is 4.74 Å². The third-order valence-electron chi connectivity index (χ3n) is 4.18. The lowest BCUT2D eigenvalue weighted by Crippen LogP contribution is -1.97. The van der Waals surface area contributed by atoms with Gasteiger partial charge in [-0.2, -0.15) is 14.9 Å². The zero-order valence-corrected chi connectivity index (χ0v) is 16.1. The third-order valence-corrected chi connectivity index (χ3v) is 4.44. The Bertz CT molecular complexity index is 1180. The molecule has 0 amide bonds. The predicted octanol–water partition coefficient (Wildman–Crippen LogP) is 5.21. The zero-order valence-electron chi connectivity index (χ0n) is 15.3. The first-order valence-corrected chi connectivity index (χ1v) is 9.34. The monoisotopic (exact) mass is 404 g/mol. The average Bonchev–Trinajstić information content (AvgIpc) is 3.12. The van der Waals surface area contributed by atoms with E-state index in [1.54, 1.807) is 17.0 Å². The average molecular weight is 404 g/mol. The van der Waals surface area contributed by atoms with Gasteiger partial charge in [-0.25, -0.2) is 9.49 Å². The predicted molar refractivity (Wildman–Crippen MR) is 113 cm³/mol. The molecular formula is C22H17FN4OS. The molecule has 0 fully saturated rings. The summed E-state index contributed by atoms with van der Waals surface area (Å²) in [6.45, 7) is 0.301. The maximum atomic E-state index is 13.2. The molecule has 7 heteroatoms. The van der Waals surface area contributed by atoms with Gasteiger partial charge in [0.1, 0.15) is 18.2 Å². The van der Waals surface area contributed by atoms with Crippen LogP contribution in [0.3, 0.4) is 0 Å². The summed E-state index contributed by atoms with van der Waals surface area (Å²) in [6.07, 6.45) is 1.70. The highest BCUT2D eigenvalue weighted by atomic mass is 32.1. The Morgan fingerprint density at radius 2 is 1.83 bits per heavy atom. The lowest BCUT2D eigenvalue weighted by Gasteiger charge is -2.06. The van der Waals surface area contributed by atoms with Gasteiger partial charge in [-0.3, -0.25) is 0 Å². The number of nitrogens with one attached hydrogen (secondary N) is 1. The molecule has 144 valence electrons. The number of aromatic amines is 1. The molecule has 0 saturated heterocycles. The van der Waals surface area contributed by atoms with Gasteiger partial charge in [0.05, 0.1) is 6.21 Å². The van der Waals surface area contributed by atoms with Gasteiger partial charge in [0.15, 0.2) is 5.82 Å². The highest BCUT2D eigenvalue weighted by molar-refractivity contribution is 7.71. The van der Waals surface area contributed by atoms with Crippen molar-refractivity contribution in [3.8, 4) is 17.1 Å². The van der Waals surface area contributed by atoms with Crippen molar-refractivity contribution in [1.29, 1.82) is 0 Å². The fraction of sp³-hybridized carbons (Fsp3) is 0.0455. The van der Waals surface area contributed by atoms with Crippen LogP contribution in [0.5, 0.6) is 5.75 Å². The maximum absolute atomic E-state index is 13.2. The number of aromatic nitrogens is 3. The Balaban J connectivity index is 1.46. The molecule has 0 unspecified atom stereocenters. The number of rotatable bonds is 6. The first-order chi connectivity index (χ1) is 14.2. The molecule has 29 heavy (non-hydrogen) atoms. The number of nitrogens with zero attached hydrogens (tertiary/aromatic N) is 3. The normalized spacial score (nSPS) is 11.1. The van der Waals surface area contributed by atoms with E-state index in [0.29, 0.717) is 23.0 Å². The van der Waals surface area contributed by atoms with E-state index in [-0.39, 0.29) is 5.82 Å². The van der Waals surface area contributed by atoms with Crippen molar-refractivity contribution in [3.05, 3.63) is 101 Å². The summed E-state index contributed by atoms with van der Waals surface area (Å²) >= 11 is 5.28. The lowest BCUT2D eigenvalue weighted by atomic mass is 10.2. The SMILES string of the molecule is Fc1cccc(COc2ccc(C=Nn3c(-c4ccccc4)n[nH]c3=S)cc2)c1. The van der Waals surface area contributed by atoms with E-state index in [4.69, 9.17) is 17.0 Å². The Labute approximate surface area is 172 Å². The number of hydrogen-bond acceptors (Lipinski definition) is 4. The topological polar surface area (TPSA) is 55.2 Å². The van der Waals surface area contributed by atoms with E-state index in [1.807, 2.05) is 60.7 Å². The van der Waals surface area contributed by atoms with Crippen molar-refractivity contribution in [1.82, 2.24) is 14.9 Å². The molecule has 1 heterocycles. The zero-order chi connectivity index (χ0) is 20.1. The van der Waals surface area contributed by atoms with Crippen LogP contribution in [0.1, 0.15) is 11.1 Å². The summed E-state index contributed by atoms with van der Waals surface area (Å²) in [7, 11) is 0. The minimum Gasteiger partial charge on any atom is -0.489 e. The van der Waals surface area contributed by atoms with E-state index >= 15 is 0 Å². The van der Waals surface area contributed by atoms with E-state index in [9.17, 15) is 4.39 Å².